The minimum atomic E-state index is -0.440. The van der Waals surface area contributed by atoms with Crippen molar-refractivity contribution < 1.29 is 9.66 Å². The molecule has 1 aromatic carbocycles. The SMILES string of the molecule is CC(c1nc(Oc2cccc([N+](=O)[O-])c2)c2sccc2n1)[C@@H](C)c1ccc(N2CCN(C)CC2)cn1. The number of nitro groups is 1. The van der Waals surface area contributed by atoms with E-state index < -0.39 is 4.92 Å². The molecule has 1 aliphatic rings. The summed E-state index contributed by atoms with van der Waals surface area (Å²) < 4.78 is 6.84. The van der Waals surface area contributed by atoms with Gasteiger partial charge in [0.05, 0.1) is 28.4 Å². The summed E-state index contributed by atoms with van der Waals surface area (Å²) in [6.45, 7) is 8.34. The number of thiophene rings is 1. The van der Waals surface area contributed by atoms with E-state index in [1.165, 1.54) is 23.5 Å². The molecule has 4 heterocycles. The third-order valence-electron chi connectivity index (χ3n) is 6.80. The van der Waals surface area contributed by atoms with Crippen molar-refractivity contribution in [3.63, 3.8) is 0 Å². The number of likely N-dealkylation sites (N-methyl/N-ethyl adjacent to an activating group) is 1. The number of non-ortho nitro benzene ring substituents is 1. The van der Waals surface area contributed by atoms with Gasteiger partial charge in [-0.15, -0.1) is 11.3 Å². The van der Waals surface area contributed by atoms with Crippen LogP contribution in [0.3, 0.4) is 0 Å². The molecule has 1 unspecified atom stereocenters. The number of aromatic nitrogens is 3. The van der Waals surface area contributed by atoms with Crippen molar-refractivity contribution >= 4 is 32.9 Å². The molecule has 4 aromatic rings. The van der Waals surface area contributed by atoms with E-state index in [1.807, 2.05) is 17.6 Å². The Labute approximate surface area is 213 Å². The lowest BCUT2D eigenvalue weighted by molar-refractivity contribution is -0.384. The summed E-state index contributed by atoms with van der Waals surface area (Å²) in [5.41, 5.74) is 2.89. The smallest absolute Gasteiger partial charge is 0.273 e. The molecule has 3 aromatic heterocycles. The molecular weight excluding hydrogens is 476 g/mol. The highest BCUT2D eigenvalue weighted by molar-refractivity contribution is 7.17. The van der Waals surface area contributed by atoms with E-state index >= 15 is 0 Å². The Morgan fingerprint density at radius 2 is 1.86 bits per heavy atom. The number of nitrogens with zero attached hydrogens (tertiary/aromatic N) is 6. The zero-order chi connectivity index (χ0) is 25.2. The monoisotopic (exact) mass is 504 g/mol. The molecule has 0 amide bonds. The van der Waals surface area contributed by atoms with E-state index in [-0.39, 0.29) is 17.5 Å². The maximum Gasteiger partial charge on any atom is 0.273 e. The van der Waals surface area contributed by atoms with Gasteiger partial charge in [-0.3, -0.25) is 15.1 Å². The molecule has 186 valence electrons. The minimum Gasteiger partial charge on any atom is -0.437 e. The number of benzene rings is 1. The van der Waals surface area contributed by atoms with Crippen LogP contribution in [0.25, 0.3) is 10.2 Å². The fourth-order valence-corrected chi connectivity index (χ4v) is 5.05. The van der Waals surface area contributed by atoms with Gasteiger partial charge in [0.15, 0.2) is 0 Å². The number of ether oxygens (including phenoxy) is 1. The molecule has 36 heavy (non-hydrogen) atoms. The van der Waals surface area contributed by atoms with E-state index in [0.29, 0.717) is 17.5 Å². The average Bonchev–Trinajstić information content (AvgIpc) is 3.38. The first-order valence-electron chi connectivity index (χ1n) is 12.0. The van der Waals surface area contributed by atoms with E-state index in [1.54, 1.807) is 12.1 Å². The quantitative estimate of drug-likeness (QED) is 0.242. The molecular formula is C26H28N6O3S. The molecule has 5 rings (SSSR count). The van der Waals surface area contributed by atoms with Crippen LogP contribution in [0.4, 0.5) is 11.4 Å². The molecule has 1 saturated heterocycles. The van der Waals surface area contributed by atoms with Gasteiger partial charge in [0.25, 0.3) is 5.69 Å². The third-order valence-corrected chi connectivity index (χ3v) is 7.69. The minimum absolute atomic E-state index is 0.0243. The third kappa shape index (κ3) is 5.00. The highest BCUT2D eigenvalue weighted by Gasteiger charge is 2.23. The topological polar surface area (TPSA) is 97.5 Å². The van der Waals surface area contributed by atoms with E-state index in [4.69, 9.17) is 19.7 Å². The normalized spacial score (nSPS) is 16.1. The molecule has 0 saturated carbocycles. The zero-order valence-corrected chi connectivity index (χ0v) is 21.3. The molecule has 0 bridgehead atoms. The highest BCUT2D eigenvalue weighted by Crippen LogP contribution is 2.36. The fraction of sp³-hybridized carbons (Fsp3) is 0.346. The van der Waals surface area contributed by atoms with Crippen LogP contribution in [0.15, 0.2) is 54.0 Å². The number of fused-ring (bicyclic) bond motifs is 1. The first kappa shape index (κ1) is 24.1. The number of hydrogen-bond donors (Lipinski definition) is 0. The van der Waals surface area contributed by atoms with E-state index in [0.717, 1.165) is 47.8 Å². The van der Waals surface area contributed by atoms with Gasteiger partial charge in [-0.1, -0.05) is 19.9 Å². The molecule has 9 nitrogen and oxygen atoms in total. The summed E-state index contributed by atoms with van der Waals surface area (Å²) in [4.78, 5) is 29.8. The van der Waals surface area contributed by atoms with Crippen molar-refractivity contribution in [1.29, 1.82) is 0 Å². The Hall–Kier alpha value is -3.63. The van der Waals surface area contributed by atoms with Crippen molar-refractivity contribution in [2.24, 2.45) is 0 Å². The Bertz CT molecular complexity index is 1370. The summed E-state index contributed by atoms with van der Waals surface area (Å²) in [6.07, 6.45) is 1.96. The summed E-state index contributed by atoms with van der Waals surface area (Å²) in [6, 6.07) is 12.3. The Morgan fingerprint density at radius 1 is 1.06 bits per heavy atom. The molecule has 0 N–H and O–H groups in total. The van der Waals surface area contributed by atoms with Crippen LogP contribution in [-0.4, -0.2) is 58.0 Å². The molecule has 0 spiro atoms. The lowest BCUT2D eigenvalue weighted by Gasteiger charge is -2.34. The maximum atomic E-state index is 11.2. The fourth-order valence-electron chi connectivity index (χ4n) is 4.30. The van der Waals surface area contributed by atoms with Gasteiger partial charge >= 0.3 is 0 Å². The predicted molar refractivity (Wildman–Crippen MR) is 141 cm³/mol. The Kier molecular flexibility index (Phi) is 6.80. The van der Waals surface area contributed by atoms with Crippen molar-refractivity contribution in [3.05, 3.63) is 75.7 Å². The van der Waals surface area contributed by atoms with Gasteiger partial charge in [-0.25, -0.2) is 4.98 Å². The molecule has 2 atom stereocenters. The van der Waals surface area contributed by atoms with Crippen LogP contribution in [0.1, 0.15) is 37.2 Å². The molecule has 0 aliphatic carbocycles. The van der Waals surface area contributed by atoms with Gasteiger partial charge in [-0.05, 0) is 36.7 Å². The van der Waals surface area contributed by atoms with E-state index in [2.05, 4.69) is 42.8 Å². The second-order valence-electron chi connectivity index (χ2n) is 9.19. The lowest BCUT2D eigenvalue weighted by atomic mass is 9.91. The molecule has 1 aliphatic heterocycles. The molecule has 10 heteroatoms. The van der Waals surface area contributed by atoms with Crippen LogP contribution in [0.5, 0.6) is 11.6 Å². The molecule has 0 radical (unpaired) electrons. The van der Waals surface area contributed by atoms with Gasteiger partial charge in [-0.2, -0.15) is 4.98 Å². The van der Waals surface area contributed by atoms with Crippen LogP contribution < -0.4 is 9.64 Å². The summed E-state index contributed by atoms with van der Waals surface area (Å²) in [5.74, 6) is 1.48. The van der Waals surface area contributed by atoms with Crippen LogP contribution in [0, 0.1) is 10.1 Å². The van der Waals surface area contributed by atoms with Crippen molar-refractivity contribution in [2.45, 2.75) is 25.7 Å². The predicted octanol–water partition coefficient (Wildman–Crippen LogP) is 5.45. The van der Waals surface area contributed by atoms with Gasteiger partial charge < -0.3 is 14.5 Å². The zero-order valence-electron chi connectivity index (χ0n) is 20.5. The van der Waals surface area contributed by atoms with Crippen molar-refractivity contribution in [3.8, 4) is 11.6 Å². The summed E-state index contributed by atoms with van der Waals surface area (Å²) in [5, 5.41) is 13.1. The number of piperazine rings is 1. The number of pyridine rings is 1. The second kappa shape index (κ2) is 10.2. The Morgan fingerprint density at radius 3 is 2.58 bits per heavy atom. The first-order valence-corrected chi connectivity index (χ1v) is 12.8. The number of anilines is 1. The van der Waals surface area contributed by atoms with Crippen LogP contribution in [-0.2, 0) is 0 Å². The van der Waals surface area contributed by atoms with Crippen LogP contribution >= 0.6 is 11.3 Å². The Balaban J connectivity index is 1.38. The van der Waals surface area contributed by atoms with Crippen molar-refractivity contribution in [2.75, 3.05) is 38.1 Å². The van der Waals surface area contributed by atoms with E-state index in [9.17, 15) is 10.1 Å². The van der Waals surface area contributed by atoms with Gasteiger partial charge in [0.1, 0.15) is 16.3 Å². The van der Waals surface area contributed by atoms with Gasteiger partial charge in [0.2, 0.25) is 5.88 Å². The largest absolute Gasteiger partial charge is 0.437 e. The number of rotatable bonds is 7. The van der Waals surface area contributed by atoms with Crippen molar-refractivity contribution in [1.82, 2.24) is 19.9 Å². The number of nitro benzene ring substituents is 1. The standard InChI is InChI=1S/C26H28N6O3S/c1-17(22-8-7-20(16-27-22)31-12-10-30(3)11-13-31)18(2)25-28-23-9-14-36-24(23)26(29-25)35-21-6-4-5-19(15-21)32(33)34/h4-9,14-18H,10-13H2,1-3H3/t17-,18?/m1/s1. The van der Waals surface area contributed by atoms with Crippen LogP contribution in [0.2, 0.25) is 0 Å². The lowest BCUT2D eigenvalue weighted by Crippen LogP contribution is -2.44. The second-order valence-corrected chi connectivity index (χ2v) is 10.1. The average molecular weight is 505 g/mol. The van der Waals surface area contributed by atoms with Gasteiger partial charge in [0, 0.05) is 49.8 Å². The summed E-state index contributed by atoms with van der Waals surface area (Å²) in [7, 11) is 2.15. The molecule has 1 fully saturated rings. The first-order chi connectivity index (χ1) is 17.4. The highest BCUT2D eigenvalue weighted by atomic mass is 32.1. The maximum absolute atomic E-state index is 11.2. The number of hydrogen-bond acceptors (Lipinski definition) is 9. The summed E-state index contributed by atoms with van der Waals surface area (Å²) >= 11 is 1.48.